The second-order valence-corrected chi connectivity index (χ2v) is 7.54. The number of halogens is 1. The Morgan fingerprint density at radius 2 is 1.58 bits per heavy atom. The van der Waals surface area contributed by atoms with Gasteiger partial charge < -0.3 is 14.8 Å². The highest BCUT2D eigenvalue weighted by Crippen LogP contribution is 2.25. The zero-order chi connectivity index (χ0) is 19.3. The van der Waals surface area contributed by atoms with E-state index in [-0.39, 0.29) is 4.90 Å². The van der Waals surface area contributed by atoms with Crippen LogP contribution in [0.25, 0.3) is 0 Å². The first-order valence-electron chi connectivity index (χ1n) is 7.57. The topological polar surface area (TPSA) is 93.7 Å². The molecule has 1 amide bonds. The van der Waals surface area contributed by atoms with E-state index in [4.69, 9.17) is 21.1 Å². The first kappa shape index (κ1) is 20.0. The molecule has 9 heteroatoms. The van der Waals surface area contributed by atoms with Gasteiger partial charge in [-0.2, -0.15) is 4.72 Å². The molecule has 0 aliphatic carbocycles. The molecule has 2 aromatic carbocycles. The van der Waals surface area contributed by atoms with Crippen LogP contribution in [0.2, 0.25) is 5.02 Å². The first-order chi connectivity index (χ1) is 12.2. The van der Waals surface area contributed by atoms with Crippen molar-refractivity contribution in [2.24, 2.45) is 0 Å². The summed E-state index contributed by atoms with van der Waals surface area (Å²) in [6.07, 6.45) is 0. The van der Waals surface area contributed by atoms with Crippen LogP contribution < -0.4 is 19.5 Å². The Morgan fingerprint density at radius 3 is 2.08 bits per heavy atom. The molecule has 26 heavy (non-hydrogen) atoms. The Morgan fingerprint density at radius 1 is 1.04 bits per heavy atom. The lowest BCUT2D eigenvalue weighted by Gasteiger charge is -2.15. The molecule has 2 N–H and O–H groups in total. The summed E-state index contributed by atoms with van der Waals surface area (Å²) in [6.45, 7) is 1.44. The summed E-state index contributed by atoms with van der Waals surface area (Å²) in [5.41, 5.74) is 0.420. The van der Waals surface area contributed by atoms with E-state index in [2.05, 4.69) is 10.0 Å². The summed E-state index contributed by atoms with van der Waals surface area (Å²) in [4.78, 5) is 12.4. The fourth-order valence-corrected chi connectivity index (χ4v) is 3.43. The molecule has 0 saturated heterocycles. The summed E-state index contributed by atoms with van der Waals surface area (Å²) in [7, 11) is -0.879. The van der Waals surface area contributed by atoms with Crippen LogP contribution in [0, 0.1) is 0 Å². The number of nitrogens with one attached hydrogen (secondary N) is 2. The lowest BCUT2D eigenvalue weighted by molar-refractivity contribution is -0.117. The van der Waals surface area contributed by atoms with Crippen LogP contribution in [-0.4, -0.2) is 34.6 Å². The second-order valence-electron chi connectivity index (χ2n) is 5.39. The molecule has 140 valence electrons. The van der Waals surface area contributed by atoms with E-state index in [0.29, 0.717) is 22.2 Å². The van der Waals surface area contributed by atoms with Gasteiger partial charge in [-0.05, 0) is 31.2 Å². The fraction of sp³-hybridized carbons (Fsp3) is 0.235. The van der Waals surface area contributed by atoms with Crippen molar-refractivity contribution in [3.63, 3.8) is 0 Å². The number of sulfonamides is 1. The van der Waals surface area contributed by atoms with E-state index < -0.39 is 22.0 Å². The molecular weight excluding hydrogens is 380 g/mol. The van der Waals surface area contributed by atoms with E-state index in [1.807, 2.05) is 0 Å². The van der Waals surface area contributed by atoms with Gasteiger partial charge in [-0.15, -0.1) is 0 Å². The van der Waals surface area contributed by atoms with Gasteiger partial charge in [0.05, 0.1) is 25.2 Å². The van der Waals surface area contributed by atoms with Crippen molar-refractivity contribution in [3.8, 4) is 11.5 Å². The number of rotatable bonds is 7. The lowest BCUT2D eigenvalue weighted by atomic mass is 10.2. The number of benzene rings is 2. The van der Waals surface area contributed by atoms with Gasteiger partial charge in [0.1, 0.15) is 11.5 Å². The van der Waals surface area contributed by atoms with Crippen molar-refractivity contribution in [2.45, 2.75) is 17.9 Å². The highest BCUT2D eigenvalue weighted by Gasteiger charge is 2.22. The van der Waals surface area contributed by atoms with Gasteiger partial charge in [0.25, 0.3) is 0 Å². The summed E-state index contributed by atoms with van der Waals surface area (Å²) in [5.74, 6) is 0.459. The molecule has 0 heterocycles. The van der Waals surface area contributed by atoms with E-state index >= 15 is 0 Å². The Kier molecular flexibility index (Phi) is 6.47. The molecule has 0 unspecified atom stereocenters. The van der Waals surface area contributed by atoms with Gasteiger partial charge in [-0.25, -0.2) is 8.42 Å². The first-order valence-corrected chi connectivity index (χ1v) is 9.43. The van der Waals surface area contributed by atoms with E-state index in [1.165, 1.54) is 45.4 Å². The highest BCUT2D eigenvalue weighted by atomic mass is 35.5. The highest BCUT2D eigenvalue weighted by molar-refractivity contribution is 7.89. The van der Waals surface area contributed by atoms with E-state index in [0.717, 1.165) is 0 Å². The normalized spacial score (nSPS) is 12.3. The minimum Gasteiger partial charge on any atom is -0.497 e. The average molecular weight is 399 g/mol. The molecule has 7 nitrogen and oxygen atoms in total. The number of carbonyl (C=O) groups is 1. The molecule has 0 fully saturated rings. The molecule has 0 spiro atoms. The van der Waals surface area contributed by atoms with Crippen LogP contribution in [0.4, 0.5) is 5.69 Å². The van der Waals surface area contributed by atoms with Crippen LogP contribution in [0.1, 0.15) is 6.92 Å². The van der Waals surface area contributed by atoms with Crippen LogP contribution in [0.3, 0.4) is 0 Å². The molecule has 2 rings (SSSR count). The van der Waals surface area contributed by atoms with Crippen molar-refractivity contribution in [1.29, 1.82) is 0 Å². The lowest BCUT2D eigenvalue weighted by Crippen LogP contribution is -2.41. The van der Waals surface area contributed by atoms with Crippen molar-refractivity contribution in [1.82, 2.24) is 4.72 Å². The maximum atomic E-state index is 12.3. The number of anilines is 1. The summed E-state index contributed by atoms with van der Waals surface area (Å²) >= 11 is 5.76. The molecule has 0 aromatic heterocycles. The Hall–Kier alpha value is -2.29. The number of hydrogen-bond acceptors (Lipinski definition) is 5. The number of carbonyl (C=O) groups excluding carboxylic acids is 1. The van der Waals surface area contributed by atoms with Crippen molar-refractivity contribution >= 4 is 33.2 Å². The minimum atomic E-state index is -3.86. The van der Waals surface area contributed by atoms with Crippen molar-refractivity contribution in [3.05, 3.63) is 47.5 Å². The van der Waals surface area contributed by atoms with Gasteiger partial charge in [-0.1, -0.05) is 11.6 Å². The van der Waals surface area contributed by atoms with Gasteiger partial charge in [-0.3, -0.25) is 4.79 Å². The average Bonchev–Trinajstić information content (AvgIpc) is 2.61. The largest absolute Gasteiger partial charge is 0.497 e. The van der Waals surface area contributed by atoms with Gasteiger partial charge in [0, 0.05) is 28.9 Å². The Balaban J connectivity index is 2.11. The van der Waals surface area contributed by atoms with Crippen molar-refractivity contribution in [2.75, 3.05) is 19.5 Å². The van der Waals surface area contributed by atoms with Gasteiger partial charge in [0.2, 0.25) is 15.9 Å². The van der Waals surface area contributed by atoms with Crippen molar-refractivity contribution < 1.29 is 22.7 Å². The van der Waals surface area contributed by atoms with Crippen LogP contribution in [-0.2, 0) is 14.8 Å². The summed E-state index contributed by atoms with van der Waals surface area (Å²) < 4.78 is 37.3. The third-order valence-electron chi connectivity index (χ3n) is 3.47. The molecule has 0 aliphatic rings. The maximum Gasteiger partial charge on any atom is 0.242 e. The SMILES string of the molecule is COc1cc(NC(=O)[C@H](C)NS(=O)(=O)c2ccc(Cl)cc2)cc(OC)c1. The maximum absolute atomic E-state index is 12.3. The Labute approximate surface area is 157 Å². The number of amides is 1. The van der Waals surface area contributed by atoms with Gasteiger partial charge >= 0.3 is 0 Å². The summed E-state index contributed by atoms with van der Waals surface area (Å²) in [6, 6.07) is 9.49. The van der Waals surface area contributed by atoms with Crippen LogP contribution in [0.5, 0.6) is 11.5 Å². The zero-order valence-corrected chi connectivity index (χ0v) is 16.0. The molecular formula is C17H19ClN2O5S. The fourth-order valence-electron chi connectivity index (χ4n) is 2.10. The third kappa shape index (κ3) is 5.10. The standard InChI is InChI=1S/C17H19ClN2O5S/c1-11(20-26(22,23)16-6-4-12(18)5-7-16)17(21)19-13-8-14(24-2)10-15(9-13)25-3/h4-11,20H,1-3H3,(H,19,21)/t11-/m0/s1. The second kappa shape index (κ2) is 8.39. The van der Waals surface area contributed by atoms with Crippen LogP contribution >= 0.6 is 11.6 Å². The molecule has 0 bridgehead atoms. The Bertz CT molecular complexity index is 862. The molecule has 0 radical (unpaired) electrons. The van der Waals surface area contributed by atoms with E-state index in [1.54, 1.807) is 18.2 Å². The number of ether oxygens (including phenoxy) is 2. The van der Waals surface area contributed by atoms with E-state index in [9.17, 15) is 13.2 Å². The molecule has 0 aliphatic heterocycles. The predicted octanol–water partition coefficient (Wildman–Crippen LogP) is 2.66. The molecule has 0 saturated carbocycles. The minimum absolute atomic E-state index is 0.0181. The monoisotopic (exact) mass is 398 g/mol. The quantitative estimate of drug-likeness (QED) is 0.747. The smallest absolute Gasteiger partial charge is 0.242 e. The summed E-state index contributed by atoms with van der Waals surface area (Å²) in [5, 5.41) is 3.05. The molecule has 1 atom stereocenters. The van der Waals surface area contributed by atoms with Gasteiger partial charge in [0.15, 0.2) is 0 Å². The number of methoxy groups -OCH3 is 2. The van der Waals surface area contributed by atoms with Crippen LogP contribution in [0.15, 0.2) is 47.4 Å². The number of hydrogen-bond donors (Lipinski definition) is 2. The predicted molar refractivity (Wildman–Crippen MR) is 99.4 cm³/mol. The third-order valence-corrected chi connectivity index (χ3v) is 5.28. The molecule has 2 aromatic rings. The zero-order valence-electron chi connectivity index (χ0n) is 14.4.